The molecule has 1 aromatic rings. The molecule has 1 N–H and O–H groups in total. The van der Waals surface area contributed by atoms with Gasteiger partial charge in [0, 0.05) is 30.5 Å². The molecule has 2 atom stereocenters. The molecule has 0 saturated carbocycles. The molecule has 5 heteroatoms. The van der Waals surface area contributed by atoms with Crippen LogP contribution in [0.15, 0.2) is 24.5 Å². The lowest BCUT2D eigenvalue weighted by atomic mass is 9.97. The molecule has 2 bridgehead atoms. The van der Waals surface area contributed by atoms with Crippen molar-refractivity contribution in [2.45, 2.75) is 76.6 Å². The Morgan fingerprint density at radius 2 is 1.88 bits per heavy atom. The van der Waals surface area contributed by atoms with Crippen LogP contribution in [-0.2, 0) is 11.2 Å². The van der Waals surface area contributed by atoms with E-state index in [0.29, 0.717) is 18.1 Å². The third kappa shape index (κ3) is 4.26. The van der Waals surface area contributed by atoms with Crippen LogP contribution in [0, 0.1) is 0 Å². The van der Waals surface area contributed by atoms with Crippen LogP contribution >= 0.6 is 0 Å². The summed E-state index contributed by atoms with van der Waals surface area (Å²) in [6.45, 7) is 6.77. The van der Waals surface area contributed by atoms with Crippen molar-refractivity contribution < 1.29 is 9.53 Å². The van der Waals surface area contributed by atoms with E-state index in [1.807, 2.05) is 38.1 Å². The van der Waals surface area contributed by atoms with Gasteiger partial charge in [-0.3, -0.25) is 4.98 Å². The summed E-state index contributed by atoms with van der Waals surface area (Å²) in [6, 6.07) is 5.30. The minimum Gasteiger partial charge on any atom is -0.444 e. The van der Waals surface area contributed by atoms with Crippen molar-refractivity contribution >= 4 is 6.09 Å². The maximum atomic E-state index is 12.5. The van der Waals surface area contributed by atoms with Crippen LogP contribution in [0.1, 0.15) is 52.0 Å². The summed E-state index contributed by atoms with van der Waals surface area (Å²) in [5.41, 5.74) is 0.891. The Labute approximate surface area is 144 Å². The number of nitrogens with one attached hydrogen (secondary N) is 1. The number of amides is 1. The second-order valence-electron chi connectivity index (χ2n) is 8.00. The van der Waals surface area contributed by atoms with Gasteiger partial charge in [-0.15, -0.1) is 0 Å². The van der Waals surface area contributed by atoms with E-state index >= 15 is 0 Å². The van der Waals surface area contributed by atoms with Gasteiger partial charge in [0.05, 0.1) is 0 Å². The number of carbonyl (C=O) groups excluding carboxylic acids is 1. The first-order valence-electron chi connectivity index (χ1n) is 9.06. The Kier molecular flexibility index (Phi) is 5.09. The molecule has 5 nitrogen and oxygen atoms in total. The largest absolute Gasteiger partial charge is 0.444 e. The zero-order valence-electron chi connectivity index (χ0n) is 15.0. The normalized spacial score (nSPS) is 26.5. The average molecular weight is 331 g/mol. The number of fused-ring (bicyclic) bond motifs is 2. The second kappa shape index (κ2) is 7.09. The van der Waals surface area contributed by atoms with Crippen molar-refractivity contribution in [2.24, 2.45) is 0 Å². The summed E-state index contributed by atoms with van der Waals surface area (Å²) in [4.78, 5) is 18.5. The molecule has 2 aliphatic heterocycles. The first kappa shape index (κ1) is 17.2. The van der Waals surface area contributed by atoms with Crippen molar-refractivity contribution in [3.05, 3.63) is 30.1 Å². The number of hydrogen-bond acceptors (Lipinski definition) is 4. The Hall–Kier alpha value is -1.62. The van der Waals surface area contributed by atoms with Crippen LogP contribution in [0.3, 0.4) is 0 Å². The van der Waals surface area contributed by atoms with E-state index in [1.165, 1.54) is 5.56 Å². The average Bonchev–Trinajstić information content (AvgIpc) is 2.78. The molecular weight excluding hydrogens is 302 g/mol. The molecule has 2 saturated heterocycles. The van der Waals surface area contributed by atoms with E-state index in [9.17, 15) is 4.79 Å². The molecule has 3 rings (SSSR count). The van der Waals surface area contributed by atoms with Crippen molar-refractivity contribution in [1.82, 2.24) is 15.2 Å². The van der Waals surface area contributed by atoms with Crippen molar-refractivity contribution in [2.75, 3.05) is 6.54 Å². The van der Waals surface area contributed by atoms with Gasteiger partial charge in [0.2, 0.25) is 0 Å². The van der Waals surface area contributed by atoms with Crippen LogP contribution in [0.2, 0.25) is 0 Å². The molecule has 0 spiro atoms. The number of rotatable bonds is 4. The van der Waals surface area contributed by atoms with Crippen LogP contribution in [0.5, 0.6) is 0 Å². The summed E-state index contributed by atoms with van der Waals surface area (Å²) < 4.78 is 5.59. The van der Waals surface area contributed by atoms with Crippen molar-refractivity contribution in [1.29, 1.82) is 0 Å². The molecule has 1 aromatic heterocycles. The highest BCUT2D eigenvalue weighted by Gasteiger charge is 2.44. The molecule has 132 valence electrons. The van der Waals surface area contributed by atoms with E-state index in [-0.39, 0.29) is 6.09 Å². The van der Waals surface area contributed by atoms with Crippen LogP contribution in [0.4, 0.5) is 4.79 Å². The number of nitrogens with zero attached hydrogens (tertiary/aromatic N) is 2. The highest BCUT2D eigenvalue weighted by molar-refractivity contribution is 5.69. The van der Waals surface area contributed by atoms with Gasteiger partial charge in [0.15, 0.2) is 0 Å². The Morgan fingerprint density at radius 3 is 2.46 bits per heavy atom. The molecule has 3 heterocycles. The molecule has 2 aliphatic rings. The number of aromatic nitrogens is 1. The minimum absolute atomic E-state index is 0.134. The molecule has 0 radical (unpaired) electrons. The Morgan fingerprint density at radius 1 is 1.25 bits per heavy atom. The Balaban J connectivity index is 1.49. The van der Waals surface area contributed by atoms with E-state index in [1.54, 1.807) is 0 Å². The maximum absolute atomic E-state index is 12.5. The molecule has 0 aliphatic carbocycles. The van der Waals surface area contributed by atoms with Crippen LogP contribution in [0.25, 0.3) is 0 Å². The molecular formula is C19H29N3O2. The van der Waals surface area contributed by atoms with Gasteiger partial charge < -0.3 is 15.0 Å². The highest BCUT2D eigenvalue weighted by Crippen LogP contribution is 2.36. The highest BCUT2D eigenvalue weighted by atomic mass is 16.6. The van der Waals surface area contributed by atoms with E-state index < -0.39 is 5.60 Å². The van der Waals surface area contributed by atoms with E-state index in [2.05, 4.69) is 22.4 Å². The van der Waals surface area contributed by atoms with E-state index in [4.69, 9.17) is 4.74 Å². The van der Waals surface area contributed by atoms with Gasteiger partial charge in [0.1, 0.15) is 5.60 Å². The summed E-state index contributed by atoms with van der Waals surface area (Å²) in [5, 5.41) is 3.68. The smallest absolute Gasteiger partial charge is 0.410 e. The number of ether oxygens (including phenoxy) is 1. The monoisotopic (exact) mass is 331 g/mol. The first-order valence-corrected chi connectivity index (χ1v) is 9.06. The third-order valence-corrected chi connectivity index (χ3v) is 4.93. The fourth-order valence-electron chi connectivity index (χ4n) is 3.93. The summed E-state index contributed by atoms with van der Waals surface area (Å²) in [6.07, 6.45) is 8.84. The van der Waals surface area contributed by atoms with Crippen molar-refractivity contribution in [3.63, 3.8) is 0 Å². The summed E-state index contributed by atoms with van der Waals surface area (Å²) >= 11 is 0. The fourth-order valence-corrected chi connectivity index (χ4v) is 3.93. The number of carbonyl (C=O) groups is 1. The summed E-state index contributed by atoms with van der Waals surface area (Å²) in [7, 11) is 0. The molecule has 0 aromatic carbocycles. The van der Waals surface area contributed by atoms with Gasteiger partial charge in [-0.05, 0) is 77.1 Å². The maximum Gasteiger partial charge on any atom is 0.410 e. The predicted molar refractivity (Wildman–Crippen MR) is 93.8 cm³/mol. The standard InChI is InChI=1S/C19H29N3O2/c1-19(2,3)24-18(23)22-16-4-5-17(22)13-15(12-16)21-11-8-14-6-9-20-10-7-14/h6-7,9-10,15-17,21H,4-5,8,11-13H2,1-3H3/t16-,17-/m0/s1. The molecule has 24 heavy (non-hydrogen) atoms. The van der Waals surface area contributed by atoms with Crippen LogP contribution < -0.4 is 5.32 Å². The topological polar surface area (TPSA) is 54.5 Å². The Bertz CT molecular complexity index is 541. The van der Waals surface area contributed by atoms with Gasteiger partial charge in [-0.2, -0.15) is 0 Å². The van der Waals surface area contributed by atoms with Gasteiger partial charge in [0.25, 0.3) is 0 Å². The minimum atomic E-state index is -0.420. The second-order valence-corrected chi connectivity index (χ2v) is 8.00. The number of hydrogen-bond donors (Lipinski definition) is 1. The quantitative estimate of drug-likeness (QED) is 0.921. The van der Waals surface area contributed by atoms with Gasteiger partial charge >= 0.3 is 6.09 Å². The molecule has 2 fully saturated rings. The first-order chi connectivity index (χ1) is 11.4. The van der Waals surface area contributed by atoms with E-state index in [0.717, 1.165) is 38.6 Å². The molecule has 1 amide bonds. The lowest BCUT2D eigenvalue weighted by molar-refractivity contribution is 0.00478. The summed E-state index contributed by atoms with van der Waals surface area (Å²) in [5.74, 6) is 0. The zero-order chi connectivity index (χ0) is 17.2. The SMILES string of the molecule is CC(C)(C)OC(=O)N1[C@H]2CC[C@H]1CC(NCCc1ccncc1)C2. The van der Waals surface area contributed by atoms with Crippen LogP contribution in [-0.4, -0.2) is 46.2 Å². The number of piperidine rings is 1. The third-order valence-electron chi connectivity index (χ3n) is 4.93. The van der Waals surface area contributed by atoms with Gasteiger partial charge in [-0.1, -0.05) is 0 Å². The fraction of sp³-hybridized carbons (Fsp3) is 0.684. The predicted octanol–water partition coefficient (Wildman–Crippen LogP) is 3.14. The lowest BCUT2D eigenvalue weighted by Gasteiger charge is -2.39. The van der Waals surface area contributed by atoms with Gasteiger partial charge in [-0.25, -0.2) is 4.79 Å². The zero-order valence-corrected chi connectivity index (χ0v) is 15.0. The number of pyridine rings is 1. The van der Waals surface area contributed by atoms with Crippen molar-refractivity contribution in [3.8, 4) is 0 Å². The lowest BCUT2D eigenvalue weighted by Crippen LogP contribution is -2.52. The molecule has 0 unspecified atom stereocenters.